The Balaban J connectivity index is 1.90. The highest BCUT2D eigenvalue weighted by Gasteiger charge is 2.18. The molecule has 2 rings (SSSR count). The first-order valence-corrected chi connectivity index (χ1v) is 8.75. The standard InChI is InChI=1S/C12H18N2O2S2/c13-12-3-1-2-10(6-12)9-18(15,16)14-7-11-4-5-17-8-11/h1-3,6,11,14H,4-5,7-9,13H2. The Morgan fingerprint density at radius 3 is 2.94 bits per heavy atom. The van der Waals surface area contributed by atoms with E-state index in [1.807, 2.05) is 11.8 Å². The highest BCUT2D eigenvalue weighted by Crippen LogP contribution is 2.22. The largest absolute Gasteiger partial charge is 0.399 e. The molecule has 0 aliphatic carbocycles. The third kappa shape index (κ3) is 4.19. The van der Waals surface area contributed by atoms with Gasteiger partial charge < -0.3 is 5.73 Å². The fraction of sp³-hybridized carbons (Fsp3) is 0.500. The van der Waals surface area contributed by atoms with E-state index in [1.165, 1.54) is 0 Å². The van der Waals surface area contributed by atoms with Crippen LogP contribution >= 0.6 is 11.8 Å². The van der Waals surface area contributed by atoms with E-state index in [0.29, 0.717) is 18.2 Å². The van der Waals surface area contributed by atoms with Gasteiger partial charge in [0, 0.05) is 12.2 Å². The molecule has 0 radical (unpaired) electrons. The molecule has 1 saturated heterocycles. The van der Waals surface area contributed by atoms with Gasteiger partial charge in [-0.05, 0) is 41.5 Å². The second-order valence-electron chi connectivity index (χ2n) is 4.58. The molecular formula is C12H18N2O2S2. The Bertz CT molecular complexity index is 497. The molecule has 1 aliphatic rings. The highest BCUT2D eigenvalue weighted by molar-refractivity contribution is 7.99. The maximum atomic E-state index is 11.9. The molecule has 0 spiro atoms. The van der Waals surface area contributed by atoms with Gasteiger partial charge in [-0.1, -0.05) is 12.1 Å². The molecule has 1 unspecified atom stereocenters. The van der Waals surface area contributed by atoms with E-state index in [4.69, 9.17) is 5.73 Å². The molecule has 0 saturated carbocycles. The maximum absolute atomic E-state index is 11.9. The maximum Gasteiger partial charge on any atom is 0.215 e. The Kier molecular flexibility index (Phi) is 4.53. The van der Waals surface area contributed by atoms with Crippen LogP contribution in [-0.2, 0) is 15.8 Å². The van der Waals surface area contributed by atoms with Crippen molar-refractivity contribution in [3.63, 3.8) is 0 Å². The second kappa shape index (κ2) is 5.95. The summed E-state index contributed by atoms with van der Waals surface area (Å²) in [5.41, 5.74) is 6.95. The highest BCUT2D eigenvalue weighted by atomic mass is 32.2. The van der Waals surface area contributed by atoms with Gasteiger partial charge in [0.15, 0.2) is 0 Å². The lowest BCUT2D eigenvalue weighted by molar-refractivity contribution is 0.545. The average molecular weight is 286 g/mol. The Morgan fingerprint density at radius 1 is 1.44 bits per heavy atom. The minimum absolute atomic E-state index is 0.00208. The fourth-order valence-corrected chi connectivity index (χ4v) is 4.44. The van der Waals surface area contributed by atoms with Gasteiger partial charge in [0.05, 0.1) is 5.75 Å². The van der Waals surface area contributed by atoms with Gasteiger partial charge in [-0.2, -0.15) is 11.8 Å². The number of nitrogen functional groups attached to an aromatic ring is 1. The number of sulfonamides is 1. The average Bonchev–Trinajstić information content (AvgIpc) is 2.78. The van der Waals surface area contributed by atoms with E-state index in [1.54, 1.807) is 24.3 Å². The molecule has 1 aromatic rings. The first kappa shape index (κ1) is 13.7. The molecule has 4 nitrogen and oxygen atoms in total. The van der Waals surface area contributed by atoms with Crippen LogP contribution in [0.15, 0.2) is 24.3 Å². The van der Waals surface area contributed by atoms with Crippen molar-refractivity contribution in [1.29, 1.82) is 0 Å². The minimum atomic E-state index is -3.25. The first-order chi connectivity index (χ1) is 8.55. The topological polar surface area (TPSA) is 72.2 Å². The lowest BCUT2D eigenvalue weighted by Gasteiger charge is -2.11. The van der Waals surface area contributed by atoms with Crippen LogP contribution in [0.25, 0.3) is 0 Å². The molecule has 1 aromatic carbocycles. The third-order valence-corrected chi connectivity index (χ3v) is 5.47. The van der Waals surface area contributed by atoms with Crippen molar-refractivity contribution in [3.8, 4) is 0 Å². The third-order valence-electron chi connectivity index (χ3n) is 2.92. The number of rotatable bonds is 5. The van der Waals surface area contributed by atoms with Crippen LogP contribution in [0.4, 0.5) is 5.69 Å². The number of nitrogens with two attached hydrogens (primary N) is 1. The molecule has 1 heterocycles. The number of benzene rings is 1. The van der Waals surface area contributed by atoms with E-state index < -0.39 is 10.0 Å². The summed E-state index contributed by atoms with van der Waals surface area (Å²) in [6, 6.07) is 7.00. The molecule has 1 atom stereocenters. The van der Waals surface area contributed by atoms with Crippen LogP contribution in [0.1, 0.15) is 12.0 Å². The summed E-state index contributed by atoms with van der Waals surface area (Å²) in [5, 5.41) is 0. The quantitative estimate of drug-likeness (QED) is 0.804. The molecule has 0 bridgehead atoms. The smallest absolute Gasteiger partial charge is 0.215 e. The summed E-state index contributed by atoms with van der Waals surface area (Å²) >= 11 is 1.89. The zero-order valence-electron chi connectivity index (χ0n) is 10.1. The van der Waals surface area contributed by atoms with Crippen molar-refractivity contribution in [1.82, 2.24) is 4.72 Å². The van der Waals surface area contributed by atoms with E-state index in [2.05, 4.69) is 4.72 Å². The zero-order valence-corrected chi connectivity index (χ0v) is 11.8. The molecule has 3 N–H and O–H groups in total. The number of anilines is 1. The van der Waals surface area contributed by atoms with Crippen LogP contribution in [-0.4, -0.2) is 26.5 Å². The Morgan fingerprint density at radius 2 is 2.28 bits per heavy atom. The molecule has 0 amide bonds. The molecule has 6 heteroatoms. The van der Waals surface area contributed by atoms with Crippen LogP contribution in [0.3, 0.4) is 0 Å². The number of hydrogen-bond donors (Lipinski definition) is 2. The van der Waals surface area contributed by atoms with Gasteiger partial charge in [-0.3, -0.25) is 0 Å². The molecule has 1 aliphatic heterocycles. The van der Waals surface area contributed by atoms with Crippen LogP contribution in [0.5, 0.6) is 0 Å². The van der Waals surface area contributed by atoms with Gasteiger partial charge in [0.1, 0.15) is 0 Å². The normalized spacial score (nSPS) is 20.1. The molecule has 0 aromatic heterocycles. The lowest BCUT2D eigenvalue weighted by Crippen LogP contribution is -2.30. The predicted octanol–water partition coefficient (Wildman–Crippen LogP) is 1.44. The first-order valence-electron chi connectivity index (χ1n) is 5.95. The van der Waals surface area contributed by atoms with E-state index in [-0.39, 0.29) is 5.75 Å². The van der Waals surface area contributed by atoms with Gasteiger partial charge >= 0.3 is 0 Å². The lowest BCUT2D eigenvalue weighted by atomic mass is 10.1. The van der Waals surface area contributed by atoms with Crippen LogP contribution < -0.4 is 10.5 Å². The molecular weight excluding hydrogens is 268 g/mol. The van der Waals surface area contributed by atoms with Crippen molar-refractivity contribution >= 4 is 27.5 Å². The monoisotopic (exact) mass is 286 g/mol. The van der Waals surface area contributed by atoms with Gasteiger partial charge in [-0.15, -0.1) is 0 Å². The Hall–Kier alpha value is -0.720. The van der Waals surface area contributed by atoms with Gasteiger partial charge in [0.2, 0.25) is 10.0 Å². The summed E-state index contributed by atoms with van der Waals surface area (Å²) < 4.78 is 26.5. The molecule has 18 heavy (non-hydrogen) atoms. The summed E-state index contributed by atoms with van der Waals surface area (Å²) in [4.78, 5) is 0. The Labute approximate surface area is 112 Å². The molecule has 1 fully saturated rings. The number of nitrogens with one attached hydrogen (secondary N) is 1. The van der Waals surface area contributed by atoms with Crippen molar-refractivity contribution in [3.05, 3.63) is 29.8 Å². The molecule has 100 valence electrons. The van der Waals surface area contributed by atoms with Crippen LogP contribution in [0.2, 0.25) is 0 Å². The minimum Gasteiger partial charge on any atom is -0.399 e. The summed E-state index contributed by atoms with van der Waals surface area (Å²) in [6.45, 7) is 0.553. The van der Waals surface area contributed by atoms with Crippen molar-refractivity contribution in [2.75, 3.05) is 23.8 Å². The zero-order chi connectivity index (χ0) is 13.0. The predicted molar refractivity (Wildman–Crippen MR) is 76.9 cm³/mol. The van der Waals surface area contributed by atoms with Crippen LogP contribution in [0, 0.1) is 5.92 Å². The van der Waals surface area contributed by atoms with E-state index in [0.717, 1.165) is 23.5 Å². The summed E-state index contributed by atoms with van der Waals surface area (Å²) in [6.07, 6.45) is 1.10. The number of hydrogen-bond acceptors (Lipinski definition) is 4. The van der Waals surface area contributed by atoms with Crippen molar-refractivity contribution < 1.29 is 8.42 Å². The van der Waals surface area contributed by atoms with Gasteiger partial charge in [-0.25, -0.2) is 13.1 Å². The van der Waals surface area contributed by atoms with E-state index in [9.17, 15) is 8.42 Å². The SMILES string of the molecule is Nc1cccc(CS(=O)(=O)NCC2CCSC2)c1. The van der Waals surface area contributed by atoms with Gasteiger partial charge in [0.25, 0.3) is 0 Å². The summed E-state index contributed by atoms with van der Waals surface area (Å²) in [7, 11) is -3.25. The van der Waals surface area contributed by atoms with E-state index >= 15 is 0 Å². The number of thioether (sulfide) groups is 1. The summed E-state index contributed by atoms with van der Waals surface area (Å²) in [5.74, 6) is 2.67. The van der Waals surface area contributed by atoms with Crippen molar-refractivity contribution in [2.45, 2.75) is 12.2 Å². The second-order valence-corrected chi connectivity index (χ2v) is 7.54. The fourth-order valence-electron chi connectivity index (χ4n) is 1.94. The van der Waals surface area contributed by atoms with Crippen molar-refractivity contribution in [2.24, 2.45) is 5.92 Å².